The van der Waals surface area contributed by atoms with Crippen molar-refractivity contribution in [3.63, 3.8) is 0 Å². The predicted octanol–water partition coefficient (Wildman–Crippen LogP) is 1.57. The lowest BCUT2D eigenvalue weighted by molar-refractivity contribution is -0.137. The molecule has 130 valence electrons. The van der Waals surface area contributed by atoms with Gasteiger partial charge in [0.2, 0.25) is 5.91 Å². The van der Waals surface area contributed by atoms with Crippen LogP contribution in [0.1, 0.15) is 24.9 Å². The van der Waals surface area contributed by atoms with Gasteiger partial charge < -0.3 is 4.90 Å². The third kappa shape index (κ3) is 3.79. The maximum atomic E-state index is 12.8. The van der Waals surface area contributed by atoms with Crippen LogP contribution < -0.4 is 0 Å². The molecule has 0 radical (unpaired) electrons. The van der Waals surface area contributed by atoms with Gasteiger partial charge in [-0.1, -0.05) is 18.5 Å². The molecule has 1 fully saturated rings. The summed E-state index contributed by atoms with van der Waals surface area (Å²) in [5.41, 5.74) is 1.20. The Hall–Kier alpha value is -1.86. The van der Waals surface area contributed by atoms with Gasteiger partial charge in [-0.3, -0.25) is 19.1 Å². The first-order valence-electron chi connectivity index (χ1n) is 8.25. The van der Waals surface area contributed by atoms with E-state index in [0.29, 0.717) is 11.4 Å². The van der Waals surface area contributed by atoms with Gasteiger partial charge in [-0.2, -0.15) is 10.2 Å². The third-order valence-electron chi connectivity index (χ3n) is 4.41. The van der Waals surface area contributed by atoms with Crippen LogP contribution in [0, 0.1) is 0 Å². The average Bonchev–Trinajstić information content (AvgIpc) is 3.17. The minimum atomic E-state index is -0.276. The monoisotopic (exact) mass is 350 g/mol. The van der Waals surface area contributed by atoms with Crippen LogP contribution in [0.3, 0.4) is 0 Å². The van der Waals surface area contributed by atoms with E-state index in [1.165, 1.54) is 5.56 Å². The average molecular weight is 351 g/mol. The summed E-state index contributed by atoms with van der Waals surface area (Å²) in [5, 5.41) is 8.95. The molecule has 2 aromatic heterocycles. The Morgan fingerprint density at radius 1 is 1.21 bits per heavy atom. The summed E-state index contributed by atoms with van der Waals surface area (Å²) in [4.78, 5) is 17.1. The van der Waals surface area contributed by atoms with Gasteiger partial charge in [-0.25, -0.2) is 0 Å². The van der Waals surface area contributed by atoms with Crippen LogP contribution in [-0.2, 0) is 18.4 Å². The number of aromatic nitrogens is 4. The van der Waals surface area contributed by atoms with E-state index >= 15 is 0 Å². The minimum absolute atomic E-state index is 0.123. The number of amides is 1. The van der Waals surface area contributed by atoms with Crippen molar-refractivity contribution in [2.24, 2.45) is 7.05 Å². The van der Waals surface area contributed by atoms with Gasteiger partial charge in [0, 0.05) is 57.7 Å². The van der Waals surface area contributed by atoms with Crippen molar-refractivity contribution in [3.05, 3.63) is 35.4 Å². The topological polar surface area (TPSA) is 59.2 Å². The van der Waals surface area contributed by atoms with E-state index in [9.17, 15) is 4.79 Å². The molecule has 1 aliphatic rings. The lowest BCUT2D eigenvalue weighted by Gasteiger charge is -2.36. The summed E-state index contributed by atoms with van der Waals surface area (Å²) in [5.74, 6) is 0.123. The van der Waals surface area contributed by atoms with Gasteiger partial charge in [-0.05, 0) is 6.42 Å². The molecule has 3 rings (SSSR count). The van der Waals surface area contributed by atoms with Crippen molar-refractivity contribution in [2.75, 3.05) is 26.2 Å². The van der Waals surface area contributed by atoms with E-state index in [-0.39, 0.29) is 11.9 Å². The quantitative estimate of drug-likeness (QED) is 0.821. The molecule has 1 saturated heterocycles. The molecule has 1 amide bonds. The molecule has 1 atom stereocenters. The number of halogens is 1. The second-order valence-corrected chi connectivity index (χ2v) is 6.62. The first-order chi connectivity index (χ1) is 11.6. The third-order valence-corrected chi connectivity index (χ3v) is 4.60. The molecular formula is C16H23ClN6O. The van der Waals surface area contributed by atoms with Crippen LogP contribution in [0.5, 0.6) is 0 Å². The maximum Gasteiger partial charge on any atom is 0.247 e. The highest BCUT2D eigenvalue weighted by atomic mass is 35.5. The normalized spacial score (nSPS) is 17.2. The maximum absolute atomic E-state index is 12.8. The van der Waals surface area contributed by atoms with Crippen molar-refractivity contribution in [2.45, 2.75) is 25.9 Å². The lowest BCUT2D eigenvalue weighted by Crippen LogP contribution is -2.50. The molecular weight excluding hydrogens is 328 g/mol. The summed E-state index contributed by atoms with van der Waals surface area (Å²) >= 11 is 5.93. The summed E-state index contributed by atoms with van der Waals surface area (Å²) in [6.07, 6.45) is 7.92. The molecule has 2 aromatic rings. The number of carbonyl (C=O) groups is 1. The smallest absolute Gasteiger partial charge is 0.247 e. The van der Waals surface area contributed by atoms with E-state index in [1.54, 1.807) is 17.1 Å². The van der Waals surface area contributed by atoms with Gasteiger partial charge >= 0.3 is 0 Å². The Balaban J connectivity index is 1.56. The zero-order valence-electron chi connectivity index (χ0n) is 14.1. The second-order valence-electron chi connectivity index (χ2n) is 6.19. The van der Waals surface area contributed by atoms with Crippen molar-refractivity contribution in [1.82, 2.24) is 29.4 Å². The van der Waals surface area contributed by atoms with Crippen LogP contribution in [0.25, 0.3) is 0 Å². The molecule has 0 saturated carbocycles. The highest BCUT2D eigenvalue weighted by molar-refractivity contribution is 6.30. The van der Waals surface area contributed by atoms with Crippen molar-refractivity contribution in [1.29, 1.82) is 0 Å². The molecule has 24 heavy (non-hydrogen) atoms. The van der Waals surface area contributed by atoms with Gasteiger partial charge in [0.05, 0.1) is 17.4 Å². The Bertz CT molecular complexity index is 688. The Kier molecular flexibility index (Phi) is 5.20. The molecule has 0 spiro atoms. The first kappa shape index (κ1) is 17.0. The Morgan fingerprint density at radius 3 is 2.50 bits per heavy atom. The summed E-state index contributed by atoms with van der Waals surface area (Å²) in [6.45, 7) is 6.10. The van der Waals surface area contributed by atoms with E-state index < -0.39 is 0 Å². The first-order valence-corrected chi connectivity index (χ1v) is 8.63. The standard InChI is InChI=1S/C16H23ClN6O/c1-3-15(23-12-14(17)9-19-23)16(24)22-6-4-21(5-7-22)11-13-8-18-20(2)10-13/h8-10,12,15H,3-7,11H2,1-2H3. The number of carbonyl (C=O) groups excluding carboxylic acids is 1. The Morgan fingerprint density at radius 2 is 1.96 bits per heavy atom. The molecule has 0 aliphatic carbocycles. The summed E-state index contributed by atoms with van der Waals surface area (Å²) in [6, 6.07) is -0.276. The molecule has 0 aromatic carbocycles. The van der Waals surface area contributed by atoms with Gasteiger partial charge in [0.25, 0.3) is 0 Å². The molecule has 0 N–H and O–H groups in total. The number of rotatable bonds is 5. The highest BCUT2D eigenvalue weighted by Crippen LogP contribution is 2.18. The number of aryl methyl sites for hydroxylation is 1. The number of nitrogens with zero attached hydrogens (tertiary/aromatic N) is 6. The second kappa shape index (κ2) is 7.36. The summed E-state index contributed by atoms with van der Waals surface area (Å²) < 4.78 is 3.49. The van der Waals surface area contributed by atoms with E-state index in [2.05, 4.69) is 15.1 Å². The van der Waals surface area contributed by atoms with Crippen molar-refractivity contribution >= 4 is 17.5 Å². The molecule has 1 aliphatic heterocycles. The molecule has 7 nitrogen and oxygen atoms in total. The van der Waals surface area contributed by atoms with E-state index in [1.807, 2.05) is 35.9 Å². The van der Waals surface area contributed by atoms with Gasteiger partial charge in [0.15, 0.2) is 0 Å². The van der Waals surface area contributed by atoms with Crippen LogP contribution >= 0.6 is 11.6 Å². The molecule has 3 heterocycles. The zero-order valence-corrected chi connectivity index (χ0v) is 14.9. The van der Waals surface area contributed by atoms with Crippen LogP contribution in [0.2, 0.25) is 5.02 Å². The SMILES string of the molecule is CCC(C(=O)N1CCN(Cc2cnn(C)c2)CC1)n1cc(Cl)cn1. The number of piperazine rings is 1. The van der Waals surface area contributed by atoms with Gasteiger partial charge in [-0.15, -0.1) is 0 Å². The highest BCUT2D eigenvalue weighted by Gasteiger charge is 2.28. The lowest BCUT2D eigenvalue weighted by atomic mass is 10.1. The van der Waals surface area contributed by atoms with Crippen molar-refractivity contribution in [3.8, 4) is 0 Å². The van der Waals surface area contributed by atoms with Gasteiger partial charge in [0.1, 0.15) is 6.04 Å². The number of hydrogen-bond donors (Lipinski definition) is 0. The van der Waals surface area contributed by atoms with Crippen molar-refractivity contribution < 1.29 is 4.79 Å². The van der Waals surface area contributed by atoms with Crippen LogP contribution in [-0.4, -0.2) is 61.4 Å². The predicted molar refractivity (Wildman–Crippen MR) is 91.6 cm³/mol. The fraction of sp³-hybridized carbons (Fsp3) is 0.562. The van der Waals surface area contributed by atoms with E-state index in [4.69, 9.17) is 11.6 Å². The number of hydrogen-bond acceptors (Lipinski definition) is 4. The fourth-order valence-corrected chi connectivity index (χ4v) is 3.25. The fourth-order valence-electron chi connectivity index (χ4n) is 3.11. The van der Waals surface area contributed by atoms with Crippen LogP contribution in [0.15, 0.2) is 24.8 Å². The van der Waals surface area contributed by atoms with Crippen LogP contribution in [0.4, 0.5) is 0 Å². The largest absolute Gasteiger partial charge is 0.338 e. The van der Waals surface area contributed by atoms with E-state index in [0.717, 1.165) is 32.7 Å². The zero-order chi connectivity index (χ0) is 17.1. The molecule has 8 heteroatoms. The minimum Gasteiger partial charge on any atom is -0.338 e. The molecule has 1 unspecified atom stereocenters. The summed E-state index contributed by atoms with van der Waals surface area (Å²) in [7, 11) is 1.92. The molecule has 0 bridgehead atoms. The Labute approximate surface area is 146 Å².